The fourth-order valence-corrected chi connectivity index (χ4v) is 7.42. The summed E-state index contributed by atoms with van der Waals surface area (Å²) < 4.78 is 37.4. The SMILES string of the molecule is C[C@H]1Nc2ncnc3c2CN(C2CCOCC2)C(=O)N3CCCCCCCCCN2CCC(CC2)C(F)(F)c2cccc1c2. The van der Waals surface area contributed by atoms with Gasteiger partial charge in [0.15, 0.2) is 0 Å². The van der Waals surface area contributed by atoms with Crippen molar-refractivity contribution in [1.29, 1.82) is 0 Å². The molecule has 1 N–H and O–H groups in total. The van der Waals surface area contributed by atoms with Crippen molar-refractivity contribution in [1.82, 2.24) is 19.8 Å². The van der Waals surface area contributed by atoms with Crippen LogP contribution in [0.25, 0.3) is 0 Å². The number of piperidine rings is 1. The number of hydrogen-bond acceptors (Lipinski definition) is 6. The Morgan fingerprint density at radius 3 is 2.36 bits per heavy atom. The second-order valence-corrected chi connectivity index (χ2v) is 13.1. The van der Waals surface area contributed by atoms with Crippen molar-refractivity contribution in [3.05, 3.63) is 47.3 Å². The first-order valence-corrected chi connectivity index (χ1v) is 16.9. The van der Waals surface area contributed by atoms with Crippen molar-refractivity contribution in [2.75, 3.05) is 49.6 Å². The van der Waals surface area contributed by atoms with Gasteiger partial charge in [0.1, 0.15) is 18.0 Å². The molecule has 5 aliphatic heterocycles. The maximum atomic E-state index is 15.9. The summed E-state index contributed by atoms with van der Waals surface area (Å²) in [6.07, 6.45) is 12.0. The molecule has 2 saturated heterocycles. The van der Waals surface area contributed by atoms with Gasteiger partial charge in [-0.2, -0.15) is 0 Å². The van der Waals surface area contributed by atoms with E-state index in [0.29, 0.717) is 50.8 Å². The summed E-state index contributed by atoms with van der Waals surface area (Å²) >= 11 is 0. The molecule has 1 aromatic carbocycles. The molecule has 2 aromatic rings. The van der Waals surface area contributed by atoms with E-state index in [4.69, 9.17) is 4.74 Å². The molecule has 0 aliphatic carbocycles. The van der Waals surface area contributed by atoms with E-state index in [2.05, 4.69) is 20.2 Å². The zero-order valence-corrected chi connectivity index (χ0v) is 26.2. The number of carbonyl (C=O) groups is 1. The molecule has 2 fully saturated rings. The van der Waals surface area contributed by atoms with Gasteiger partial charge in [-0.05, 0) is 76.7 Å². The summed E-state index contributed by atoms with van der Waals surface area (Å²) in [6.45, 7) is 6.80. The molecule has 0 radical (unpaired) electrons. The number of hydrogen-bond donors (Lipinski definition) is 1. The van der Waals surface area contributed by atoms with E-state index in [0.717, 1.165) is 69.3 Å². The fourth-order valence-electron chi connectivity index (χ4n) is 7.42. The van der Waals surface area contributed by atoms with Crippen LogP contribution in [-0.4, -0.2) is 71.2 Å². The van der Waals surface area contributed by atoms with Crippen LogP contribution < -0.4 is 10.2 Å². The van der Waals surface area contributed by atoms with Crippen LogP contribution in [0.3, 0.4) is 0 Å². The zero-order chi connectivity index (χ0) is 30.5. The van der Waals surface area contributed by atoms with Crippen molar-refractivity contribution in [2.24, 2.45) is 5.92 Å². The van der Waals surface area contributed by atoms with E-state index in [9.17, 15) is 4.79 Å². The normalized spacial score (nSPS) is 27.5. The topological polar surface area (TPSA) is 73.8 Å². The maximum Gasteiger partial charge on any atom is 0.326 e. The summed E-state index contributed by atoms with van der Waals surface area (Å²) in [4.78, 5) is 29.3. The van der Waals surface area contributed by atoms with Gasteiger partial charge in [-0.25, -0.2) is 23.5 Å². The number of ether oxygens (including phenoxy) is 1. The predicted octanol–water partition coefficient (Wildman–Crippen LogP) is 7.12. The second-order valence-electron chi connectivity index (χ2n) is 13.1. The molecule has 7 rings (SSSR count). The van der Waals surface area contributed by atoms with Crippen LogP contribution in [-0.2, 0) is 17.2 Å². The van der Waals surface area contributed by atoms with Crippen molar-refractivity contribution in [2.45, 2.75) is 102 Å². The molecule has 6 heterocycles. The predicted molar refractivity (Wildman–Crippen MR) is 168 cm³/mol. The smallest absolute Gasteiger partial charge is 0.326 e. The van der Waals surface area contributed by atoms with Gasteiger partial charge in [0.2, 0.25) is 0 Å². The number of anilines is 2. The van der Waals surface area contributed by atoms with Gasteiger partial charge in [-0.1, -0.05) is 50.3 Å². The Balaban J connectivity index is 1.29. The quantitative estimate of drug-likeness (QED) is 0.371. The molecular weight excluding hydrogens is 562 g/mol. The molecule has 8 bridgehead atoms. The van der Waals surface area contributed by atoms with Crippen LogP contribution in [0.5, 0.6) is 0 Å². The Hall–Kier alpha value is -2.85. The highest BCUT2D eigenvalue weighted by atomic mass is 19.3. The van der Waals surface area contributed by atoms with Gasteiger partial charge in [-0.15, -0.1) is 0 Å². The summed E-state index contributed by atoms with van der Waals surface area (Å²) in [6, 6.07) is 6.73. The van der Waals surface area contributed by atoms with Crippen molar-refractivity contribution in [3.8, 4) is 0 Å². The third kappa shape index (κ3) is 6.86. The van der Waals surface area contributed by atoms with Crippen molar-refractivity contribution < 1.29 is 18.3 Å². The molecule has 10 heteroatoms. The molecule has 44 heavy (non-hydrogen) atoms. The number of benzene rings is 1. The number of carbonyl (C=O) groups excluding carboxylic acids is 1. The molecular formula is C34H48F2N6O2. The van der Waals surface area contributed by atoms with Gasteiger partial charge in [0, 0.05) is 43.3 Å². The second kappa shape index (κ2) is 14.1. The third-order valence-corrected chi connectivity index (χ3v) is 10.2. The summed E-state index contributed by atoms with van der Waals surface area (Å²) in [5, 5.41) is 3.52. The Bertz CT molecular complexity index is 1260. The number of urea groups is 1. The highest BCUT2D eigenvalue weighted by molar-refractivity contribution is 5.94. The largest absolute Gasteiger partial charge is 0.381 e. The van der Waals surface area contributed by atoms with E-state index in [1.165, 1.54) is 25.6 Å². The van der Waals surface area contributed by atoms with E-state index in [1.807, 2.05) is 22.8 Å². The molecule has 1 atom stereocenters. The molecule has 0 spiro atoms. The lowest BCUT2D eigenvalue weighted by atomic mass is 9.85. The Kier molecular flexibility index (Phi) is 9.95. The Morgan fingerprint density at radius 1 is 0.909 bits per heavy atom. The number of nitrogens with one attached hydrogen (secondary N) is 1. The average Bonchev–Trinajstić information content (AvgIpc) is 3.05. The van der Waals surface area contributed by atoms with Crippen LogP contribution in [0, 0.1) is 5.92 Å². The van der Waals surface area contributed by atoms with Gasteiger partial charge in [0.05, 0.1) is 12.1 Å². The van der Waals surface area contributed by atoms with Crippen LogP contribution in [0.2, 0.25) is 0 Å². The van der Waals surface area contributed by atoms with Gasteiger partial charge < -0.3 is 19.9 Å². The van der Waals surface area contributed by atoms with E-state index in [-0.39, 0.29) is 23.7 Å². The lowest BCUT2D eigenvalue weighted by Crippen LogP contribution is -2.53. The Morgan fingerprint density at radius 2 is 1.61 bits per heavy atom. The highest BCUT2D eigenvalue weighted by Gasteiger charge is 2.43. The van der Waals surface area contributed by atoms with E-state index in [1.54, 1.807) is 18.2 Å². The van der Waals surface area contributed by atoms with Crippen molar-refractivity contribution >= 4 is 17.7 Å². The monoisotopic (exact) mass is 610 g/mol. The number of nitrogens with zero attached hydrogens (tertiary/aromatic N) is 5. The Labute approximate surface area is 260 Å². The highest BCUT2D eigenvalue weighted by Crippen LogP contribution is 2.42. The van der Waals surface area contributed by atoms with E-state index < -0.39 is 11.8 Å². The maximum absolute atomic E-state index is 15.9. The number of amides is 2. The standard InChI is InChI=1S/C34H48F2N6O2/c1-25-26-10-9-11-28(22-26)34(35,36)27-12-18-40(19-13-27)16-7-5-3-2-4-6-8-17-41-32-30(31(39-25)37-24-38-32)23-42(33(41)43)29-14-20-44-21-15-29/h9-11,22,24-25,27,29H,2-8,12-21,23H2,1H3,(H,37,38,39)/t25-/m1/s1. The molecule has 2 amide bonds. The number of halogens is 2. The molecule has 1 aromatic heterocycles. The lowest BCUT2D eigenvalue weighted by Gasteiger charge is -2.42. The van der Waals surface area contributed by atoms with Crippen LogP contribution in [0.15, 0.2) is 30.6 Å². The fraction of sp³-hybridized carbons (Fsp3) is 0.676. The first kappa shape index (κ1) is 31.1. The summed E-state index contributed by atoms with van der Waals surface area (Å²) in [5.41, 5.74) is 1.76. The molecule has 8 nitrogen and oxygen atoms in total. The van der Waals surface area contributed by atoms with Gasteiger partial charge >= 0.3 is 6.03 Å². The number of fused-ring (bicyclic) bond motifs is 11. The number of alkyl halides is 2. The van der Waals surface area contributed by atoms with Crippen LogP contribution in [0.4, 0.5) is 25.2 Å². The summed E-state index contributed by atoms with van der Waals surface area (Å²) in [7, 11) is 0. The molecule has 0 unspecified atom stereocenters. The minimum atomic E-state index is -2.88. The van der Waals surface area contributed by atoms with Gasteiger partial charge in [-0.3, -0.25) is 4.90 Å². The average molecular weight is 611 g/mol. The number of aromatic nitrogens is 2. The summed E-state index contributed by atoms with van der Waals surface area (Å²) in [5.74, 6) is -2.21. The zero-order valence-electron chi connectivity index (χ0n) is 26.2. The van der Waals surface area contributed by atoms with E-state index >= 15 is 8.78 Å². The molecule has 5 aliphatic rings. The van der Waals surface area contributed by atoms with Crippen LogP contribution >= 0.6 is 0 Å². The molecule has 240 valence electrons. The third-order valence-electron chi connectivity index (χ3n) is 10.2. The van der Waals surface area contributed by atoms with Gasteiger partial charge in [0.25, 0.3) is 5.92 Å². The minimum absolute atomic E-state index is 0.00665. The lowest BCUT2D eigenvalue weighted by molar-refractivity contribution is -0.0855. The van der Waals surface area contributed by atoms with Crippen LogP contribution in [0.1, 0.15) is 100 Å². The number of rotatable bonds is 1. The first-order chi connectivity index (χ1) is 21.4. The minimum Gasteiger partial charge on any atom is -0.381 e. The van der Waals surface area contributed by atoms with Crippen molar-refractivity contribution in [3.63, 3.8) is 0 Å². The first-order valence-electron chi connectivity index (χ1n) is 16.9. The molecule has 0 saturated carbocycles.